The van der Waals surface area contributed by atoms with E-state index in [0.29, 0.717) is 11.5 Å². The normalized spacial score (nSPS) is 13.2. The van der Waals surface area contributed by atoms with E-state index in [4.69, 9.17) is 16.2 Å². The Hall–Kier alpha value is -1.91. The van der Waals surface area contributed by atoms with Crippen LogP contribution in [0.15, 0.2) is 36.0 Å². The van der Waals surface area contributed by atoms with Crippen LogP contribution in [0.2, 0.25) is 0 Å². The van der Waals surface area contributed by atoms with Gasteiger partial charge in [0.2, 0.25) is 5.91 Å². The Kier molecular flexibility index (Phi) is 5.31. The summed E-state index contributed by atoms with van der Waals surface area (Å²) in [5.41, 5.74) is 10.9. The van der Waals surface area contributed by atoms with Crippen molar-refractivity contribution in [3.8, 4) is 0 Å². The fourth-order valence-electron chi connectivity index (χ4n) is 0.822. The number of ether oxygens (including phenoxy) is 1. The van der Waals surface area contributed by atoms with Gasteiger partial charge in [-0.15, -0.1) is 0 Å². The summed E-state index contributed by atoms with van der Waals surface area (Å²) in [5.74, 6) is 0.281. The highest BCUT2D eigenvalue weighted by molar-refractivity contribution is 5.82. The van der Waals surface area contributed by atoms with Crippen LogP contribution in [0.5, 0.6) is 0 Å². The summed E-state index contributed by atoms with van der Waals surface area (Å²) in [6.45, 7) is 8.88. The van der Waals surface area contributed by atoms with E-state index in [0.717, 1.165) is 0 Å². The minimum absolute atomic E-state index is 0.143. The van der Waals surface area contributed by atoms with E-state index in [-0.39, 0.29) is 11.7 Å². The number of nitrogens with one attached hydrogen (secondary N) is 1. The minimum Gasteiger partial charge on any atom is -0.493 e. The minimum atomic E-state index is -0.523. The molecule has 5 nitrogen and oxygen atoms in total. The zero-order valence-electron chi connectivity index (χ0n) is 10.8. The van der Waals surface area contributed by atoms with E-state index in [1.807, 2.05) is 0 Å². The third kappa shape index (κ3) is 5.65. The molecule has 17 heavy (non-hydrogen) atoms. The van der Waals surface area contributed by atoms with Gasteiger partial charge in [0.15, 0.2) is 5.76 Å². The van der Waals surface area contributed by atoms with E-state index >= 15 is 0 Å². The molecule has 0 aliphatic heterocycles. The van der Waals surface area contributed by atoms with Gasteiger partial charge in [0.05, 0.1) is 7.11 Å². The van der Waals surface area contributed by atoms with E-state index in [1.165, 1.54) is 13.2 Å². The van der Waals surface area contributed by atoms with Crippen molar-refractivity contribution in [1.29, 1.82) is 0 Å². The molecule has 0 rings (SSSR count). The first-order valence-corrected chi connectivity index (χ1v) is 5.16. The van der Waals surface area contributed by atoms with Crippen LogP contribution in [-0.4, -0.2) is 13.0 Å². The van der Waals surface area contributed by atoms with E-state index in [2.05, 4.69) is 11.9 Å². The second-order valence-corrected chi connectivity index (χ2v) is 4.59. The summed E-state index contributed by atoms with van der Waals surface area (Å²) >= 11 is 0. The molecule has 0 bridgehead atoms. The first kappa shape index (κ1) is 15.1. The number of carbonyl (C=O) groups is 1. The molecule has 0 aromatic heterocycles. The average molecular weight is 239 g/mol. The maximum Gasteiger partial charge on any atom is 0.230 e. The third-order valence-electron chi connectivity index (χ3n) is 1.86. The predicted molar refractivity (Wildman–Crippen MR) is 68.3 cm³/mol. The van der Waals surface area contributed by atoms with Gasteiger partial charge in [-0.2, -0.15) is 0 Å². The van der Waals surface area contributed by atoms with Crippen LogP contribution in [-0.2, 0) is 9.53 Å². The standard InChI is InChI=1S/C12H21N3O2/c1-8(13)6-7-9(17-5)10(14)15-11(16)12(2,3)4/h6-7H,1,13-14H2,2-5H3,(H,15,16)/b7-6-,10-9-. The van der Waals surface area contributed by atoms with Crippen LogP contribution in [0.4, 0.5) is 0 Å². The Balaban J connectivity index is 4.88. The molecule has 0 radical (unpaired) electrons. The molecule has 5 N–H and O–H groups in total. The van der Waals surface area contributed by atoms with Gasteiger partial charge in [-0.05, 0) is 12.2 Å². The lowest BCUT2D eigenvalue weighted by molar-refractivity contribution is -0.127. The lowest BCUT2D eigenvalue weighted by Gasteiger charge is -2.18. The Morgan fingerprint density at radius 2 is 1.82 bits per heavy atom. The van der Waals surface area contributed by atoms with Crippen molar-refractivity contribution in [3.05, 3.63) is 36.0 Å². The molecule has 96 valence electrons. The van der Waals surface area contributed by atoms with Crippen molar-refractivity contribution < 1.29 is 9.53 Å². The van der Waals surface area contributed by atoms with Crippen molar-refractivity contribution in [2.75, 3.05) is 7.11 Å². The average Bonchev–Trinajstić information content (AvgIpc) is 2.16. The molecule has 1 amide bonds. The highest BCUT2D eigenvalue weighted by Gasteiger charge is 2.22. The summed E-state index contributed by atoms with van der Waals surface area (Å²) in [6, 6.07) is 0. The Morgan fingerprint density at radius 3 is 2.18 bits per heavy atom. The molecule has 0 unspecified atom stereocenters. The molecule has 0 aliphatic carbocycles. The summed E-state index contributed by atoms with van der Waals surface area (Å²) in [7, 11) is 1.45. The Labute approximate surface area is 102 Å². The molecule has 0 aliphatic rings. The largest absolute Gasteiger partial charge is 0.493 e. The quantitative estimate of drug-likeness (QED) is 0.503. The zero-order chi connectivity index (χ0) is 13.6. The number of hydrogen-bond acceptors (Lipinski definition) is 4. The molecular formula is C12H21N3O2. The number of nitrogens with two attached hydrogens (primary N) is 2. The summed E-state index contributed by atoms with van der Waals surface area (Å²) in [4.78, 5) is 11.7. The molecule has 0 spiro atoms. The monoisotopic (exact) mass is 239 g/mol. The Morgan fingerprint density at radius 1 is 1.29 bits per heavy atom. The van der Waals surface area contributed by atoms with Gasteiger partial charge in [0.25, 0.3) is 0 Å². The Bertz CT molecular complexity index is 362. The lowest BCUT2D eigenvalue weighted by atomic mass is 9.96. The number of hydrogen-bond donors (Lipinski definition) is 3. The highest BCUT2D eigenvalue weighted by atomic mass is 16.5. The maximum absolute atomic E-state index is 11.7. The fourth-order valence-corrected chi connectivity index (χ4v) is 0.822. The van der Waals surface area contributed by atoms with Gasteiger partial charge in [-0.25, -0.2) is 0 Å². The van der Waals surface area contributed by atoms with E-state index in [1.54, 1.807) is 26.8 Å². The van der Waals surface area contributed by atoms with Crippen molar-refractivity contribution in [2.45, 2.75) is 20.8 Å². The van der Waals surface area contributed by atoms with Gasteiger partial charge >= 0.3 is 0 Å². The molecule has 0 saturated heterocycles. The first-order chi connectivity index (χ1) is 7.68. The summed E-state index contributed by atoms with van der Waals surface area (Å²) in [6.07, 6.45) is 3.08. The van der Waals surface area contributed by atoms with Gasteiger partial charge in [-0.1, -0.05) is 27.4 Å². The van der Waals surface area contributed by atoms with Crippen LogP contribution in [0.1, 0.15) is 20.8 Å². The molecule has 0 heterocycles. The van der Waals surface area contributed by atoms with Crippen LogP contribution in [0, 0.1) is 5.41 Å². The van der Waals surface area contributed by atoms with Crippen molar-refractivity contribution in [3.63, 3.8) is 0 Å². The second kappa shape index (κ2) is 5.98. The fraction of sp³-hybridized carbons (Fsp3) is 0.417. The van der Waals surface area contributed by atoms with Crippen LogP contribution in [0.25, 0.3) is 0 Å². The van der Waals surface area contributed by atoms with Gasteiger partial charge in [0, 0.05) is 11.1 Å². The van der Waals surface area contributed by atoms with Crippen LogP contribution >= 0.6 is 0 Å². The second-order valence-electron chi connectivity index (χ2n) is 4.59. The maximum atomic E-state index is 11.7. The van der Waals surface area contributed by atoms with Crippen LogP contribution in [0.3, 0.4) is 0 Å². The smallest absolute Gasteiger partial charge is 0.230 e. The number of allylic oxidation sites excluding steroid dienone is 2. The third-order valence-corrected chi connectivity index (χ3v) is 1.86. The van der Waals surface area contributed by atoms with E-state index < -0.39 is 5.41 Å². The van der Waals surface area contributed by atoms with Crippen molar-refractivity contribution in [1.82, 2.24) is 5.32 Å². The highest BCUT2D eigenvalue weighted by Crippen LogP contribution is 2.13. The van der Waals surface area contributed by atoms with Gasteiger partial charge in [0.1, 0.15) is 5.82 Å². The molecule has 0 aromatic rings. The lowest BCUT2D eigenvalue weighted by Crippen LogP contribution is -2.37. The molecule has 0 saturated carbocycles. The topological polar surface area (TPSA) is 90.4 Å². The summed E-state index contributed by atoms with van der Waals surface area (Å²) in [5, 5.41) is 2.57. The molecule has 5 heteroatoms. The van der Waals surface area contributed by atoms with Gasteiger partial charge in [-0.3, -0.25) is 4.79 Å². The van der Waals surface area contributed by atoms with Crippen LogP contribution < -0.4 is 16.8 Å². The zero-order valence-corrected chi connectivity index (χ0v) is 10.8. The molecule has 0 atom stereocenters. The van der Waals surface area contributed by atoms with Crippen molar-refractivity contribution in [2.24, 2.45) is 16.9 Å². The van der Waals surface area contributed by atoms with E-state index in [9.17, 15) is 4.79 Å². The molecular weight excluding hydrogens is 218 g/mol. The number of methoxy groups -OCH3 is 1. The predicted octanol–water partition coefficient (Wildman–Crippen LogP) is 0.951. The van der Waals surface area contributed by atoms with Gasteiger partial charge < -0.3 is 21.5 Å². The number of amides is 1. The first-order valence-electron chi connectivity index (χ1n) is 5.16. The molecule has 0 fully saturated rings. The summed E-state index contributed by atoms with van der Waals surface area (Å²) < 4.78 is 5.03. The molecule has 0 aromatic carbocycles. The number of carbonyl (C=O) groups excluding carboxylic acids is 1. The van der Waals surface area contributed by atoms with Crippen molar-refractivity contribution >= 4 is 5.91 Å². The number of rotatable bonds is 4. The SMILES string of the molecule is C=C(N)/C=C\C(OC)=C(/N)NC(=O)C(C)(C)C.